The van der Waals surface area contributed by atoms with Gasteiger partial charge < -0.3 is 9.84 Å². The smallest absolute Gasteiger partial charge is 0.127 e. The second kappa shape index (κ2) is 6.46. The SMILES string of the molecule is Cc1cc(C(O)c2cccc(OC(C)C)c2)c(Cl)cc1F. The summed E-state index contributed by atoms with van der Waals surface area (Å²) in [4.78, 5) is 0. The molecule has 4 heteroatoms. The van der Waals surface area contributed by atoms with Gasteiger partial charge in [0.1, 0.15) is 17.7 Å². The van der Waals surface area contributed by atoms with Gasteiger partial charge in [-0.15, -0.1) is 0 Å². The fourth-order valence-electron chi connectivity index (χ4n) is 2.10. The summed E-state index contributed by atoms with van der Waals surface area (Å²) < 4.78 is 19.1. The lowest BCUT2D eigenvalue weighted by Gasteiger charge is -2.16. The van der Waals surface area contributed by atoms with Crippen molar-refractivity contribution < 1.29 is 14.2 Å². The molecule has 2 aromatic carbocycles. The van der Waals surface area contributed by atoms with Gasteiger partial charge in [-0.2, -0.15) is 0 Å². The Morgan fingerprint density at radius 3 is 2.57 bits per heavy atom. The minimum Gasteiger partial charge on any atom is -0.491 e. The van der Waals surface area contributed by atoms with Crippen LogP contribution in [0.15, 0.2) is 36.4 Å². The number of ether oxygens (including phenoxy) is 1. The summed E-state index contributed by atoms with van der Waals surface area (Å²) in [6, 6.07) is 9.98. The van der Waals surface area contributed by atoms with Crippen molar-refractivity contribution in [1.82, 2.24) is 0 Å². The number of hydrogen-bond acceptors (Lipinski definition) is 2. The zero-order valence-electron chi connectivity index (χ0n) is 12.2. The highest BCUT2D eigenvalue weighted by atomic mass is 35.5. The van der Waals surface area contributed by atoms with Crippen LogP contribution in [0.25, 0.3) is 0 Å². The Labute approximate surface area is 129 Å². The molecule has 0 aromatic heterocycles. The lowest BCUT2D eigenvalue weighted by molar-refractivity contribution is 0.216. The van der Waals surface area contributed by atoms with Gasteiger partial charge in [0.15, 0.2) is 0 Å². The molecule has 0 fully saturated rings. The average molecular weight is 309 g/mol. The Morgan fingerprint density at radius 1 is 1.19 bits per heavy atom. The van der Waals surface area contributed by atoms with Gasteiger partial charge in [-0.3, -0.25) is 0 Å². The standard InChI is InChI=1S/C17H18ClFO2/c1-10(2)21-13-6-4-5-12(8-13)17(20)14-7-11(3)16(19)9-15(14)18/h4-10,17,20H,1-3H3. The third-order valence-corrected chi connectivity index (χ3v) is 3.45. The highest BCUT2D eigenvalue weighted by Crippen LogP contribution is 2.31. The van der Waals surface area contributed by atoms with Crippen molar-refractivity contribution in [2.75, 3.05) is 0 Å². The molecule has 21 heavy (non-hydrogen) atoms. The summed E-state index contributed by atoms with van der Waals surface area (Å²) in [5.74, 6) is 0.296. The molecule has 2 nitrogen and oxygen atoms in total. The molecule has 0 amide bonds. The molecule has 0 bridgehead atoms. The van der Waals surface area contributed by atoms with Crippen LogP contribution >= 0.6 is 11.6 Å². The van der Waals surface area contributed by atoms with E-state index in [0.717, 1.165) is 0 Å². The molecule has 0 saturated carbocycles. The molecule has 2 aromatic rings. The number of aliphatic hydroxyl groups excluding tert-OH is 1. The zero-order valence-corrected chi connectivity index (χ0v) is 13.0. The van der Waals surface area contributed by atoms with Crippen LogP contribution in [-0.2, 0) is 0 Å². The summed E-state index contributed by atoms with van der Waals surface area (Å²) in [5.41, 5.74) is 1.58. The molecule has 0 spiro atoms. The van der Waals surface area contributed by atoms with Crippen LogP contribution in [0.1, 0.15) is 36.6 Å². The first-order valence-corrected chi connectivity index (χ1v) is 7.16. The highest BCUT2D eigenvalue weighted by Gasteiger charge is 2.16. The van der Waals surface area contributed by atoms with Crippen LogP contribution in [0.5, 0.6) is 5.75 Å². The van der Waals surface area contributed by atoms with Crippen molar-refractivity contribution in [3.63, 3.8) is 0 Å². The fourth-order valence-corrected chi connectivity index (χ4v) is 2.35. The van der Waals surface area contributed by atoms with E-state index < -0.39 is 6.10 Å². The van der Waals surface area contributed by atoms with Gasteiger partial charge in [-0.1, -0.05) is 23.7 Å². The number of aryl methyl sites for hydroxylation is 1. The second-order valence-electron chi connectivity index (χ2n) is 5.26. The minimum absolute atomic E-state index is 0.0500. The van der Waals surface area contributed by atoms with Crippen molar-refractivity contribution in [2.24, 2.45) is 0 Å². The van der Waals surface area contributed by atoms with Crippen molar-refractivity contribution >= 4 is 11.6 Å². The number of halogens is 2. The fraction of sp³-hybridized carbons (Fsp3) is 0.294. The summed E-state index contributed by atoms with van der Waals surface area (Å²) in [6.45, 7) is 5.51. The van der Waals surface area contributed by atoms with Gasteiger partial charge >= 0.3 is 0 Å². The quantitative estimate of drug-likeness (QED) is 0.890. The Bertz CT molecular complexity index is 641. The summed E-state index contributed by atoms with van der Waals surface area (Å²) in [6.07, 6.45) is -0.874. The Kier molecular flexibility index (Phi) is 4.86. The molecule has 0 aliphatic rings. The number of aliphatic hydroxyl groups is 1. The van der Waals surface area contributed by atoms with Gasteiger partial charge in [0, 0.05) is 10.6 Å². The van der Waals surface area contributed by atoms with Gasteiger partial charge in [-0.25, -0.2) is 4.39 Å². The van der Waals surface area contributed by atoms with Crippen LogP contribution in [-0.4, -0.2) is 11.2 Å². The summed E-state index contributed by atoms with van der Waals surface area (Å²) >= 11 is 6.04. The molecule has 1 N–H and O–H groups in total. The van der Waals surface area contributed by atoms with E-state index in [0.29, 0.717) is 22.4 Å². The van der Waals surface area contributed by atoms with Crippen LogP contribution in [0.4, 0.5) is 4.39 Å². The monoisotopic (exact) mass is 308 g/mol. The number of hydrogen-bond donors (Lipinski definition) is 1. The van der Waals surface area contributed by atoms with E-state index in [1.165, 1.54) is 6.07 Å². The van der Waals surface area contributed by atoms with Crippen molar-refractivity contribution in [2.45, 2.75) is 33.0 Å². The van der Waals surface area contributed by atoms with E-state index in [-0.39, 0.29) is 16.9 Å². The molecule has 112 valence electrons. The largest absolute Gasteiger partial charge is 0.491 e. The molecule has 0 radical (unpaired) electrons. The summed E-state index contributed by atoms with van der Waals surface area (Å²) in [5, 5.41) is 10.7. The molecule has 0 aliphatic carbocycles. The first-order chi connectivity index (χ1) is 9.88. The third-order valence-electron chi connectivity index (χ3n) is 3.12. The molecule has 0 heterocycles. The molecule has 0 aliphatic heterocycles. The Morgan fingerprint density at radius 2 is 1.90 bits per heavy atom. The molecule has 1 unspecified atom stereocenters. The van der Waals surface area contributed by atoms with Gasteiger partial charge in [0.05, 0.1) is 6.10 Å². The molecular formula is C17H18ClFO2. The van der Waals surface area contributed by atoms with Crippen LogP contribution in [0, 0.1) is 12.7 Å². The summed E-state index contributed by atoms with van der Waals surface area (Å²) in [7, 11) is 0. The van der Waals surface area contributed by atoms with Crippen molar-refractivity contribution in [3.8, 4) is 5.75 Å². The highest BCUT2D eigenvalue weighted by molar-refractivity contribution is 6.31. The molecular weight excluding hydrogens is 291 g/mol. The normalized spacial score (nSPS) is 12.5. The predicted molar refractivity (Wildman–Crippen MR) is 82.4 cm³/mol. The Balaban J connectivity index is 2.36. The van der Waals surface area contributed by atoms with Crippen molar-refractivity contribution in [3.05, 3.63) is 63.9 Å². The van der Waals surface area contributed by atoms with E-state index >= 15 is 0 Å². The number of rotatable bonds is 4. The minimum atomic E-state index is -0.924. The zero-order chi connectivity index (χ0) is 15.6. The maximum atomic E-state index is 13.4. The molecule has 0 saturated heterocycles. The topological polar surface area (TPSA) is 29.5 Å². The first-order valence-electron chi connectivity index (χ1n) is 6.78. The second-order valence-corrected chi connectivity index (χ2v) is 5.67. The van der Waals surface area contributed by atoms with Crippen LogP contribution < -0.4 is 4.74 Å². The predicted octanol–water partition coefficient (Wildman–Crippen LogP) is 4.66. The average Bonchev–Trinajstić information content (AvgIpc) is 2.41. The van der Waals surface area contributed by atoms with E-state index in [4.69, 9.17) is 16.3 Å². The first kappa shape index (κ1) is 15.8. The lowest BCUT2D eigenvalue weighted by Crippen LogP contribution is -2.07. The van der Waals surface area contributed by atoms with Crippen LogP contribution in [0.3, 0.4) is 0 Å². The van der Waals surface area contributed by atoms with E-state index in [2.05, 4.69) is 0 Å². The maximum Gasteiger partial charge on any atom is 0.127 e. The van der Waals surface area contributed by atoms with Crippen molar-refractivity contribution in [1.29, 1.82) is 0 Å². The van der Waals surface area contributed by atoms with E-state index in [1.54, 1.807) is 31.2 Å². The van der Waals surface area contributed by atoms with Gasteiger partial charge in [0.25, 0.3) is 0 Å². The van der Waals surface area contributed by atoms with Gasteiger partial charge in [0.2, 0.25) is 0 Å². The lowest BCUT2D eigenvalue weighted by atomic mass is 9.99. The van der Waals surface area contributed by atoms with Crippen LogP contribution in [0.2, 0.25) is 5.02 Å². The van der Waals surface area contributed by atoms with Gasteiger partial charge in [-0.05, 0) is 56.2 Å². The third kappa shape index (κ3) is 3.74. The molecule has 1 atom stereocenters. The number of benzene rings is 2. The Hall–Kier alpha value is -1.58. The maximum absolute atomic E-state index is 13.4. The molecule has 2 rings (SSSR count). The van der Waals surface area contributed by atoms with E-state index in [1.807, 2.05) is 19.9 Å². The van der Waals surface area contributed by atoms with E-state index in [9.17, 15) is 9.50 Å².